The van der Waals surface area contributed by atoms with Crippen molar-refractivity contribution < 1.29 is 8.83 Å². The van der Waals surface area contributed by atoms with Crippen LogP contribution in [0.5, 0.6) is 0 Å². The SMILES string of the molecule is C1=Cc2c(c3ccccc3n2-c2ccccc2N(c2ccccc2-c2ccc3oc4cc5ccccc5cc4c3c2)c2cccc3oc4c5ccccc5ccc4c23)CC1. The number of fused-ring (bicyclic) bond motifs is 12. The molecule has 1 aliphatic carbocycles. The van der Waals surface area contributed by atoms with Crippen molar-refractivity contribution in [3.05, 3.63) is 199 Å². The lowest BCUT2D eigenvalue weighted by Gasteiger charge is -2.31. The molecule has 0 bridgehead atoms. The van der Waals surface area contributed by atoms with Crippen LogP contribution in [0.2, 0.25) is 0 Å². The molecule has 13 rings (SSSR count). The Balaban J connectivity index is 1.11. The van der Waals surface area contributed by atoms with Crippen LogP contribution in [0, 0.1) is 0 Å². The molecule has 3 heterocycles. The molecular formula is C56H36N2O2. The first-order chi connectivity index (χ1) is 29.8. The molecular weight excluding hydrogens is 733 g/mol. The fourth-order valence-electron chi connectivity index (χ4n) is 9.94. The van der Waals surface area contributed by atoms with Crippen molar-refractivity contribution in [3.8, 4) is 16.8 Å². The molecule has 0 N–H and O–H groups in total. The summed E-state index contributed by atoms with van der Waals surface area (Å²) in [4.78, 5) is 2.47. The number of furan rings is 2. The second-order valence-corrected chi connectivity index (χ2v) is 15.9. The molecule has 1 aliphatic rings. The molecule has 9 aromatic carbocycles. The Kier molecular flexibility index (Phi) is 7.10. The highest BCUT2D eigenvalue weighted by molar-refractivity contribution is 6.20. The quantitative estimate of drug-likeness (QED) is 0.175. The van der Waals surface area contributed by atoms with Gasteiger partial charge in [0.2, 0.25) is 0 Å². The predicted molar refractivity (Wildman–Crippen MR) is 250 cm³/mol. The van der Waals surface area contributed by atoms with Crippen molar-refractivity contribution in [1.29, 1.82) is 0 Å². The van der Waals surface area contributed by atoms with Crippen LogP contribution in [0.3, 0.4) is 0 Å². The fourth-order valence-corrected chi connectivity index (χ4v) is 9.94. The smallest absolute Gasteiger partial charge is 0.143 e. The van der Waals surface area contributed by atoms with Crippen LogP contribution < -0.4 is 4.90 Å². The van der Waals surface area contributed by atoms with Gasteiger partial charge in [0.05, 0.1) is 33.7 Å². The highest BCUT2D eigenvalue weighted by Crippen LogP contribution is 2.49. The van der Waals surface area contributed by atoms with Gasteiger partial charge in [-0.1, -0.05) is 121 Å². The molecule has 60 heavy (non-hydrogen) atoms. The number of benzene rings is 9. The first-order valence-corrected chi connectivity index (χ1v) is 20.7. The van der Waals surface area contributed by atoms with Gasteiger partial charge in [-0.25, -0.2) is 0 Å². The van der Waals surface area contributed by atoms with Gasteiger partial charge in [0.25, 0.3) is 0 Å². The lowest BCUT2D eigenvalue weighted by molar-refractivity contribution is 0.669. The summed E-state index contributed by atoms with van der Waals surface area (Å²) >= 11 is 0. The second kappa shape index (κ2) is 12.8. The highest BCUT2D eigenvalue weighted by atomic mass is 16.3. The van der Waals surface area contributed by atoms with Crippen LogP contribution in [0.1, 0.15) is 17.7 Å². The molecule has 0 atom stereocenters. The van der Waals surface area contributed by atoms with E-state index in [1.165, 1.54) is 32.9 Å². The van der Waals surface area contributed by atoms with Crippen molar-refractivity contribution >= 4 is 99.5 Å². The lowest BCUT2D eigenvalue weighted by Crippen LogP contribution is -2.15. The zero-order valence-electron chi connectivity index (χ0n) is 32.6. The highest BCUT2D eigenvalue weighted by Gasteiger charge is 2.27. The van der Waals surface area contributed by atoms with Crippen LogP contribution in [0.15, 0.2) is 197 Å². The molecule has 0 radical (unpaired) electrons. The normalized spacial score (nSPS) is 12.8. The Labute approximate surface area is 345 Å². The van der Waals surface area contributed by atoms with E-state index >= 15 is 0 Å². The third-order valence-corrected chi connectivity index (χ3v) is 12.6. The summed E-state index contributed by atoms with van der Waals surface area (Å²) in [5, 5.41) is 10.3. The number of aromatic nitrogens is 1. The van der Waals surface area contributed by atoms with Crippen molar-refractivity contribution in [2.75, 3.05) is 4.90 Å². The molecule has 0 saturated carbocycles. The molecule has 12 aromatic rings. The molecule has 0 amide bonds. The first-order valence-electron chi connectivity index (χ1n) is 20.7. The Hall–Kier alpha value is -7.82. The Morgan fingerprint density at radius 1 is 0.467 bits per heavy atom. The van der Waals surface area contributed by atoms with E-state index in [0.717, 1.165) is 101 Å². The lowest BCUT2D eigenvalue weighted by atomic mass is 9.98. The number of hydrogen-bond donors (Lipinski definition) is 0. The summed E-state index contributed by atoms with van der Waals surface area (Å²) in [7, 11) is 0. The van der Waals surface area contributed by atoms with Gasteiger partial charge in [-0.15, -0.1) is 0 Å². The van der Waals surface area contributed by atoms with Crippen LogP contribution in [-0.2, 0) is 6.42 Å². The molecule has 3 aromatic heterocycles. The van der Waals surface area contributed by atoms with Crippen molar-refractivity contribution in [2.45, 2.75) is 12.8 Å². The van der Waals surface area contributed by atoms with Gasteiger partial charge in [0, 0.05) is 38.2 Å². The van der Waals surface area contributed by atoms with Crippen LogP contribution >= 0.6 is 0 Å². The third kappa shape index (κ3) is 4.85. The number of aryl methyl sites for hydroxylation is 1. The summed E-state index contributed by atoms with van der Waals surface area (Å²) in [6.45, 7) is 0. The fraction of sp³-hybridized carbons (Fsp3) is 0.0357. The molecule has 0 aliphatic heterocycles. The van der Waals surface area contributed by atoms with Gasteiger partial charge in [-0.05, 0) is 113 Å². The number of nitrogens with zero attached hydrogens (tertiary/aromatic N) is 2. The molecule has 282 valence electrons. The van der Waals surface area contributed by atoms with Gasteiger partial charge >= 0.3 is 0 Å². The number of hydrogen-bond acceptors (Lipinski definition) is 3. The minimum absolute atomic E-state index is 0.851. The average molecular weight is 769 g/mol. The topological polar surface area (TPSA) is 34.5 Å². The van der Waals surface area contributed by atoms with Crippen molar-refractivity contribution in [2.24, 2.45) is 0 Å². The van der Waals surface area contributed by atoms with E-state index in [9.17, 15) is 0 Å². The Morgan fingerprint density at radius 2 is 1.20 bits per heavy atom. The maximum atomic E-state index is 6.84. The largest absolute Gasteiger partial charge is 0.456 e. The van der Waals surface area contributed by atoms with Gasteiger partial charge in [0.1, 0.15) is 22.3 Å². The van der Waals surface area contributed by atoms with Gasteiger partial charge in [-0.2, -0.15) is 0 Å². The summed E-state index contributed by atoms with van der Waals surface area (Å²) in [5.74, 6) is 0. The minimum atomic E-state index is 0.851. The monoisotopic (exact) mass is 768 g/mol. The second-order valence-electron chi connectivity index (χ2n) is 15.9. The van der Waals surface area contributed by atoms with E-state index in [2.05, 4.69) is 204 Å². The number of allylic oxidation sites excluding steroid dienone is 1. The van der Waals surface area contributed by atoms with E-state index in [4.69, 9.17) is 8.83 Å². The van der Waals surface area contributed by atoms with Crippen LogP contribution in [-0.4, -0.2) is 4.57 Å². The molecule has 0 fully saturated rings. The Bertz CT molecular complexity index is 3750. The molecule has 4 nitrogen and oxygen atoms in total. The maximum absolute atomic E-state index is 6.84. The first kappa shape index (κ1) is 33.2. The summed E-state index contributed by atoms with van der Waals surface area (Å²) in [5.41, 5.74) is 13.9. The van der Waals surface area contributed by atoms with Crippen LogP contribution in [0.4, 0.5) is 17.1 Å². The average Bonchev–Trinajstić information content (AvgIpc) is 3.98. The van der Waals surface area contributed by atoms with E-state index in [0.29, 0.717) is 0 Å². The minimum Gasteiger partial charge on any atom is -0.456 e. The summed E-state index contributed by atoms with van der Waals surface area (Å²) in [6.07, 6.45) is 6.69. The van der Waals surface area contributed by atoms with E-state index in [1.54, 1.807) is 0 Å². The summed E-state index contributed by atoms with van der Waals surface area (Å²) < 4.78 is 15.8. The van der Waals surface area contributed by atoms with Gasteiger partial charge < -0.3 is 18.3 Å². The maximum Gasteiger partial charge on any atom is 0.143 e. The third-order valence-electron chi connectivity index (χ3n) is 12.6. The number of rotatable bonds is 5. The Morgan fingerprint density at radius 3 is 2.12 bits per heavy atom. The summed E-state index contributed by atoms with van der Waals surface area (Å²) in [6, 6.07) is 65.5. The van der Waals surface area contributed by atoms with Gasteiger partial charge in [0.15, 0.2) is 0 Å². The van der Waals surface area contributed by atoms with E-state index in [1.807, 2.05) is 0 Å². The molecule has 0 spiro atoms. The zero-order valence-corrected chi connectivity index (χ0v) is 32.6. The molecule has 0 saturated heterocycles. The van der Waals surface area contributed by atoms with Crippen molar-refractivity contribution in [1.82, 2.24) is 4.57 Å². The van der Waals surface area contributed by atoms with E-state index in [-0.39, 0.29) is 0 Å². The van der Waals surface area contributed by atoms with Crippen molar-refractivity contribution in [3.63, 3.8) is 0 Å². The molecule has 0 unspecified atom stereocenters. The van der Waals surface area contributed by atoms with E-state index < -0.39 is 0 Å². The molecule has 4 heteroatoms. The number of anilines is 3. The van der Waals surface area contributed by atoms with Crippen LogP contribution in [0.25, 0.3) is 99.2 Å². The van der Waals surface area contributed by atoms with Gasteiger partial charge in [-0.3, -0.25) is 0 Å². The zero-order chi connectivity index (χ0) is 39.3. The number of para-hydroxylation sites is 4. The standard InChI is InChI=1S/C56H36N2O2/c1-2-16-37-34-54-45(32-36(37)15-1)44-33-38(29-31-52(44)59-54)39-17-5-8-21-46(39)58(51-26-13-27-53-55(51)43-30-28-35-14-3-4-18-40(35)56(43)60-53)50-25-12-11-24-49(50)57-47-22-9-6-19-41(47)42-20-7-10-23-48(42)57/h1-6,8-19,21-34H,7,20H2. The predicted octanol–water partition coefficient (Wildman–Crippen LogP) is 15.8.